The van der Waals surface area contributed by atoms with Gasteiger partial charge in [0.2, 0.25) is 10.0 Å². The van der Waals surface area contributed by atoms with E-state index in [1.54, 1.807) is 7.05 Å². The van der Waals surface area contributed by atoms with E-state index in [0.29, 0.717) is 0 Å². The third-order valence-corrected chi connectivity index (χ3v) is 5.61. The number of sulfonamides is 1. The molecular formula is C10H14BrNO2S. The fourth-order valence-corrected chi connectivity index (χ4v) is 2.99. The van der Waals surface area contributed by atoms with Crippen molar-refractivity contribution in [1.29, 1.82) is 0 Å². The number of benzene rings is 1. The summed E-state index contributed by atoms with van der Waals surface area (Å²) in [5, 5.41) is 0. The van der Waals surface area contributed by atoms with Gasteiger partial charge in [-0.3, -0.25) is 0 Å². The van der Waals surface area contributed by atoms with Gasteiger partial charge in [0.15, 0.2) is 0 Å². The molecule has 0 heterocycles. The Kier molecular flexibility index (Phi) is 4.31. The summed E-state index contributed by atoms with van der Waals surface area (Å²) in [6.07, 6.45) is 0. The summed E-state index contributed by atoms with van der Waals surface area (Å²) in [6, 6.07) is 9.42. The van der Waals surface area contributed by atoms with Crippen molar-refractivity contribution in [3.8, 4) is 0 Å². The van der Waals surface area contributed by atoms with E-state index in [0.717, 1.165) is 5.56 Å². The van der Waals surface area contributed by atoms with Crippen LogP contribution in [0.15, 0.2) is 30.3 Å². The van der Waals surface area contributed by atoms with E-state index < -0.39 is 10.0 Å². The van der Waals surface area contributed by atoms with Crippen molar-refractivity contribution < 1.29 is 8.42 Å². The van der Waals surface area contributed by atoms with Gasteiger partial charge in [0.25, 0.3) is 0 Å². The third-order valence-electron chi connectivity index (χ3n) is 2.40. The van der Waals surface area contributed by atoms with Crippen LogP contribution in [0, 0.1) is 0 Å². The van der Waals surface area contributed by atoms with E-state index in [1.165, 1.54) is 4.31 Å². The van der Waals surface area contributed by atoms with Crippen LogP contribution in [-0.2, 0) is 10.0 Å². The first-order valence-electron chi connectivity index (χ1n) is 4.55. The summed E-state index contributed by atoms with van der Waals surface area (Å²) < 4.78 is 24.5. The minimum Gasteiger partial charge on any atom is -0.211 e. The van der Waals surface area contributed by atoms with Crippen molar-refractivity contribution in [2.75, 3.05) is 11.7 Å². The maximum absolute atomic E-state index is 11.6. The Bertz CT molecular complexity index is 405. The molecule has 0 bridgehead atoms. The largest absolute Gasteiger partial charge is 0.224 e. The molecule has 5 heteroatoms. The number of halogens is 1. The van der Waals surface area contributed by atoms with Gasteiger partial charge in [-0.1, -0.05) is 46.3 Å². The van der Waals surface area contributed by atoms with Crippen LogP contribution < -0.4 is 0 Å². The Labute approximate surface area is 99.3 Å². The van der Waals surface area contributed by atoms with Crippen LogP contribution >= 0.6 is 15.9 Å². The second kappa shape index (κ2) is 5.09. The highest BCUT2D eigenvalue weighted by atomic mass is 79.9. The van der Waals surface area contributed by atoms with Gasteiger partial charge in [-0.05, 0) is 12.5 Å². The van der Waals surface area contributed by atoms with Gasteiger partial charge in [-0.25, -0.2) is 8.42 Å². The number of rotatable bonds is 4. The van der Waals surface area contributed by atoms with Crippen LogP contribution in [-0.4, -0.2) is 24.4 Å². The second-order valence-electron chi connectivity index (χ2n) is 3.32. The summed E-state index contributed by atoms with van der Waals surface area (Å²) in [5.74, 6) is 0. The highest BCUT2D eigenvalue weighted by molar-refractivity contribution is 9.10. The van der Waals surface area contributed by atoms with Crippen molar-refractivity contribution in [1.82, 2.24) is 4.31 Å². The predicted molar refractivity (Wildman–Crippen MR) is 65.3 cm³/mol. The Hall–Kier alpha value is -0.390. The predicted octanol–water partition coefficient (Wildman–Crippen LogP) is 2.36. The zero-order chi connectivity index (χ0) is 11.5. The van der Waals surface area contributed by atoms with Gasteiger partial charge in [-0.15, -0.1) is 0 Å². The lowest BCUT2D eigenvalue weighted by atomic mass is 10.1. The molecule has 15 heavy (non-hydrogen) atoms. The first-order valence-corrected chi connectivity index (χ1v) is 7.28. The summed E-state index contributed by atoms with van der Waals surface area (Å²) in [6.45, 7) is 1.87. The maximum Gasteiger partial charge on any atom is 0.224 e. The first kappa shape index (κ1) is 12.7. The fraction of sp³-hybridized carbons (Fsp3) is 0.400. The average Bonchev–Trinajstić information content (AvgIpc) is 2.28. The molecule has 1 unspecified atom stereocenters. The molecule has 1 atom stereocenters. The molecule has 0 amide bonds. The summed E-state index contributed by atoms with van der Waals surface area (Å²) in [4.78, 5) is 0. The first-order chi connectivity index (χ1) is 6.99. The molecule has 0 fully saturated rings. The highest BCUT2D eigenvalue weighted by Gasteiger charge is 2.22. The Morgan fingerprint density at radius 1 is 1.33 bits per heavy atom. The summed E-state index contributed by atoms with van der Waals surface area (Å²) in [7, 11) is -1.60. The van der Waals surface area contributed by atoms with Gasteiger partial charge in [0.1, 0.15) is 4.66 Å². The van der Waals surface area contributed by atoms with Crippen LogP contribution in [0.1, 0.15) is 18.5 Å². The van der Waals surface area contributed by atoms with Crippen molar-refractivity contribution in [2.45, 2.75) is 13.0 Å². The van der Waals surface area contributed by atoms with Crippen LogP contribution in [0.4, 0.5) is 0 Å². The lowest BCUT2D eigenvalue weighted by molar-refractivity contribution is 0.401. The van der Waals surface area contributed by atoms with Gasteiger partial charge >= 0.3 is 0 Å². The van der Waals surface area contributed by atoms with Gasteiger partial charge in [0, 0.05) is 13.1 Å². The van der Waals surface area contributed by atoms with E-state index in [9.17, 15) is 8.42 Å². The van der Waals surface area contributed by atoms with Gasteiger partial charge in [0.05, 0.1) is 0 Å². The van der Waals surface area contributed by atoms with E-state index in [2.05, 4.69) is 15.9 Å². The third kappa shape index (κ3) is 3.03. The number of hydrogen-bond acceptors (Lipinski definition) is 2. The Morgan fingerprint density at radius 2 is 1.87 bits per heavy atom. The van der Waals surface area contributed by atoms with E-state index >= 15 is 0 Å². The molecule has 0 spiro atoms. The molecule has 0 aromatic heterocycles. The maximum atomic E-state index is 11.6. The molecule has 0 N–H and O–H groups in total. The minimum atomic E-state index is -3.20. The van der Waals surface area contributed by atoms with Crippen LogP contribution in [0.3, 0.4) is 0 Å². The second-order valence-corrected chi connectivity index (χ2v) is 6.66. The van der Waals surface area contributed by atoms with Crippen molar-refractivity contribution in [2.24, 2.45) is 0 Å². The normalized spacial score (nSPS) is 14.1. The minimum absolute atomic E-state index is 0.0479. The summed E-state index contributed by atoms with van der Waals surface area (Å²) in [5.41, 5.74) is 0.990. The lowest BCUT2D eigenvalue weighted by Gasteiger charge is -2.23. The molecule has 1 rings (SSSR count). The molecule has 0 aliphatic heterocycles. The number of alkyl halides is 1. The zero-order valence-electron chi connectivity index (χ0n) is 8.72. The quantitative estimate of drug-likeness (QED) is 0.799. The summed E-state index contributed by atoms with van der Waals surface area (Å²) >= 11 is 2.98. The molecule has 1 aromatic rings. The van der Waals surface area contributed by atoms with Gasteiger partial charge in [-0.2, -0.15) is 4.31 Å². The molecule has 0 aliphatic rings. The van der Waals surface area contributed by atoms with Crippen molar-refractivity contribution in [3.05, 3.63) is 35.9 Å². The Morgan fingerprint density at radius 3 is 2.33 bits per heavy atom. The fourth-order valence-electron chi connectivity index (χ4n) is 1.26. The Balaban J connectivity index is 2.92. The molecule has 0 radical (unpaired) electrons. The monoisotopic (exact) mass is 291 g/mol. The standard InChI is InChI=1S/C10H14BrNO2S/c1-9(10-6-4-3-5-7-10)12(2)15(13,14)8-11/h3-7,9H,8H2,1-2H3. The number of hydrogen-bond donors (Lipinski definition) is 0. The topological polar surface area (TPSA) is 37.4 Å². The molecule has 3 nitrogen and oxygen atoms in total. The van der Waals surface area contributed by atoms with E-state index in [1.807, 2.05) is 37.3 Å². The molecule has 0 aliphatic carbocycles. The average molecular weight is 292 g/mol. The van der Waals surface area contributed by atoms with E-state index in [4.69, 9.17) is 0 Å². The molecule has 0 saturated carbocycles. The molecule has 84 valence electrons. The van der Waals surface area contributed by atoms with Crippen molar-refractivity contribution in [3.63, 3.8) is 0 Å². The number of nitrogens with zero attached hydrogens (tertiary/aromatic N) is 1. The van der Waals surface area contributed by atoms with Crippen molar-refractivity contribution >= 4 is 26.0 Å². The van der Waals surface area contributed by atoms with Crippen LogP contribution in [0.5, 0.6) is 0 Å². The molecule has 1 aromatic carbocycles. The SMILES string of the molecule is CC(c1ccccc1)N(C)S(=O)(=O)CBr. The smallest absolute Gasteiger partial charge is 0.211 e. The molecular weight excluding hydrogens is 278 g/mol. The molecule has 0 saturated heterocycles. The van der Waals surface area contributed by atoms with Crippen LogP contribution in [0.2, 0.25) is 0 Å². The van der Waals surface area contributed by atoms with E-state index in [-0.39, 0.29) is 10.7 Å². The highest BCUT2D eigenvalue weighted by Crippen LogP contribution is 2.21. The van der Waals surface area contributed by atoms with Crippen LogP contribution in [0.25, 0.3) is 0 Å². The van der Waals surface area contributed by atoms with Gasteiger partial charge < -0.3 is 0 Å². The zero-order valence-corrected chi connectivity index (χ0v) is 11.1. The lowest BCUT2D eigenvalue weighted by Crippen LogP contribution is -2.30.